The van der Waals surface area contributed by atoms with E-state index in [1.165, 1.54) is 0 Å². The first-order chi connectivity index (χ1) is 10.1. The standard InChI is InChI=1S/C15H19N3O3/c1-16-6-8-17(9-7-16)15(21)18-10-12(14(19)20)11-4-2-3-5-13(11)18/h2-5,12H,6-10H2,1H3,(H,19,20). The highest BCUT2D eigenvalue weighted by Crippen LogP contribution is 2.36. The summed E-state index contributed by atoms with van der Waals surface area (Å²) in [6.45, 7) is 3.30. The Morgan fingerprint density at radius 2 is 1.81 bits per heavy atom. The second kappa shape index (κ2) is 5.37. The molecule has 2 amide bonds. The Morgan fingerprint density at radius 3 is 2.48 bits per heavy atom. The zero-order chi connectivity index (χ0) is 15.0. The van der Waals surface area contributed by atoms with Gasteiger partial charge >= 0.3 is 12.0 Å². The van der Waals surface area contributed by atoms with Gasteiger partial charge in [-0.2, -0.15) is 0 Å². The second-order valence-electron chi connectivity index (χ2n) is 5.63. The number of likely N-dealkylation sites (N-methyl/N-ethyl adjacent to an activating group) is 1. The maximum absolute atomic E-state index is 12.7. The molecule has 0 aliphatic carbocycles. The summed E-state index contributed by atoms with van der Waals surface area (Å²) in [5.74, 6) is -1.51. The van der Waals surface area contributed by atoms with Crippen LogP contribution in [0.5, 0.6) is 0 Å². The van der Waals surface area contributed by atoms with E-state index in [0.717, 1.165) is 24.3 Å². The third kappa shape index (κ3) is 2.47. The van der Waals surface area contributed by atoms with Gasteiger partial charge in [-0.25, -0.2) is 4.79 Å². The minimum absolute atomic E-state index is 0.0840. The van der Waals surface area contributed by atoms with Crippen LogP contribution < -0.4 is 4.90 Å². The number of carbonyl (C=O) groups is 2. The third-order valence-corrected chi connectivity index (χ3v) is 4.27. The van der Waals surface area contributed by atoms with Gasteiger partial charge in [0, 0.05) is 38.4 Å². The average Bonchev–Trinajstić information content (AvgIpc) is 2.87. The first-order valence-electron chi connectivity index (χ1n) is 7.14. The molecule has 1 unspecified atom stereocenters. The molecule has 2 heterocycles. The predicted octanol–water partition coefficient (Wildman–Crippen LogP) is 1.04. The van der Waals surface area contributed by atoms with Crippen molar-refractivity contribution >= 4 is 17.7 Å². The van der Waals surface area contributed by atoms with Crippen LogP contribution in [-0.4, -0.2) is 66.7 Å². The molecule has 0 spiro atoms. The molecule has 0 bridgehead atoms. The van der Waals surface area contributed by atoms with Crippen LogP contribution in [0, 0.1) is 0 Å². The number of carbonyl (C=O) groups excluding carboxylic acids is 1. The fourth-order valence-electron chi connectivity index (χ4n) is 2.97. The minimum Gasteiger partial charge on any atom is -0.481 e. The van der Waals surface area contributed by atoms with Crippen LogP contribution in [0.3, 0.4) is 0 Å². The van der Waals surface area contributed by atoms with Gasteiger partial charge in [-0.05, 0) is 18.7 Å². The highest BCUT2D eigenvalue weighted by Gasteiger charge is 2.38. The number of hydrogen-bond acceptors (Lipinski definition) is 3. The van der Waals surface area contributed by atoms with Crippen molar-refractivity contribution in [3.63, 3.8) is 0 Å². The Kier molecular flexibility index (Phi) is 3.55. The topological polar surface area (TPSA) is 64.1 Å². The van der Waals surface area contributed by atoms with Crippen molar-refractivity contribution in [1.82, 2.24) is 9.80 Å². The lowest BCUT2D eigenvalue weighted by atomic mass is 10.0. The van der Waals surface area contributed by atoms with Gasteiger partial charge in [-0.3, -0.25) is 9.69 Å². The highest BCUT2D eigenvalue weighted by atomic mass is 16.4. The maximum atomic E-state index is 12.7. The molecule has 1 saturated heterocycles. The monoisotopic (exact) mass is 289 g/mol. The molecular weight excluding hydrogens is 270 g/mol. The summed E-state index contributed by atoms with van der Waals surface area (Å²) in [4.78, 5) is 29.7. The van der Waals surface area contributed by atoms with E-state index in [2.05, 4.69) is 4.90 Å². The van der Waals surface area contributed by atoms with Crippen LogP contribution in [0.1, 0.15) is 11.5 Å². The summed E-state index contributed by atoms with van der Waals surface area (Å²) >= 11 is 0. The smallest absolute Gasteiger partial charge is 0.324 e. The van der Waals surface area contributed by atoms with E-state index < -0.39 is 11.9 Å². The molecule has 1 aromatic rings. The lowest BCUT2D eigenvalue weighted by Crippen LogP contribution is -2.52. The van der Waals surface area contributed by atoms with Gasteiger partial charge in [0.05, 0.1) is 0 Å². The van der Waals surface area contributed by atoms with Crippen LogP contribution in [0.4, 0.5) is 10.5 Å². The molecule has 6 heteroatoms. The number of benzene rings is 1. The van der Waals surface area contributed by atoms with Crippen molar-refractivity contribution in [3.8, 4) is 0 Å². The molecule has 2 aliphatic rings. The molecule has 0 aromatic heterocycles. The van der Waals surface area contributed by atoms with Gasteiger partial charge in [0.1, 0.15) is 5.92 Å². The van der Waals surface area contributed by atoms with Crippen LogP contribution in [-0.2, 0) is 4.79 Å². The van der Waals surface area contributed by atoms with Crippen molar-refractivity contribution in [1.29, 1.82) is 0 Å². The zero-order valence-electron chi connectivity index (χ0n) is 12.0. The van der Waals surface area contributed by atoms with Gasteiger partial charge in [0.15, 0.2) is 0 Å². The number of carboxylic acids is 1. The molecule has 6 nitrogen and oxygen atoms in total. The predicted molar refractivity (Wildman–Crippen MR) is 78.6 cm³/mol. The number of rotatable bonds is 1. The number of para-hydroxylation sites is 1. The SMILES string of the molecule is CN1CCN(C(=O)N2CC(C(=O)O)c3ccccc32)CC1. The molecule has 0 radical (unpaired) electrons. The summed E-state index contributed by atoms with van der Waals surface area (Å²) in [7, 11) is 2.04. The summed E-state index contributed by atoms with van der Waals surface area (Å²) in [6.07, 6.45) is 0. The van der Waals surface area contributed by atoms with Crippen molar-refractivity contribution in [2.45, 2.75) is 5.92 Å². The quantitative estimate of drug-likeness (QED) is 0.839. The average molecular weight is 289 g/mol. The summed E-state index contributed by atoms with van der Waals surface area (Å²) in [5.41, 5.74) is 1.46. The van der Waals surface area contributed by atoms with E-state index in [9.17, 15) is 14.7 Å². The lowest BCUT2D eigenvalue weighted by molar-refractivity contribution is -0.138. The number of anilines is 1. The lowest BCUT2D eigenvalue weighted by Gasteiger charge is -2.35. The summed E-state index contributed by atoms with van der Waals surface area (Å²) in [5, 5.41) is 9.35. The van der Waals surface area contributed by atoms with Crippen LogP contribution in [0.2, 0.25) is 0 Å². The summed E-state index contributed by atoms with van der Waals surface area (Å²) in [6, 6.07) is 7.20. The zero-order valence-corrected chi connectivity index (χ0v) is 12.0. The van der Waals surface area contributed by atoms with E-state index in [1.807, 2.05) is 25.2 Å². The van der Waals surface area contributed by atoms with Crippen molar-refractivity contribution in [3.05, 3.63) is 29.8 Å². The number of hydrogen-bond donors (Lipinski definition) is 1. The molecule has 1 atom stereocenters. The Bertz CT molecular complexity index is 567. The van der Waals surface area contributed by atoms with E-state index in [0.29, 0.717) is 13.1 Å². The molecule has 112 valence electrons. The Labute approximate surface area is 123 Å². The Hall–Kier alpha value is -2.08. The molecule has 0 saturated carbocycles. The van der Waals surface area contributed by atoms with Crippen molar-refractivity contribution in [2.75, 3.05) is 44.7 Å². The van der Waals surface area contributed by atoms with Crippen LogP contribution in [0.25, 0.3) is 0 Å². The Balaban J connectivity index is 1.83. The Morgan fingerprint density at radius 1 is 1.14 bits per heavy atom. The molecular formula is C15H19N3O3. The first kappa shape index (κ1) is 13.9. The molecule has 21 heavy (non-hydrogen) atoms. The van der Waals surface area contributed by atoms with E-state index >= 15 is 0 Å². The number of amides is 2. The number of aliphatic carboxylic acids is 1. The first-order valence-corrected chi connectivity index (χ1v) is 7.14. The fraction of sp³-hybridized carbons (Fsp3) is 0.467. The van der Waals surface area contributed by atoms with Crippen molar-refractivity contribution < 1.29 is 14.7 Å². The normalized spacial score (nSPS) is 22.2. The number of piperazine rings is 1. The highest BCUT2D eigenvalue weighted by molar-refractivity contribution is 5.98. The molecule has 1 aromatic carbocycles. The largest absolute Gasteiger partial charge is 0.481 e. The number of carboxylic acid groups (broad SMARTS) is 1. The molecule has 3 rings (SSSR count). The van der Waals surface area contributed by atoms with Crippen LogP contribution in [0.15, 0.2) is 24.3 Å². The molecule has 1 fully saturated rings. The fourth-order valence-corrected chi connectivity index (χ4v) is 2.97. The van der Waals surface area contributed by atoms with Gasteiger partial charge in [-0.15, -0.1) is 0 Å². The van der Waals surface area contributed by atoms with Crippen LogP contribution >= 0.6 is 0 Å². The maximum Gasteiger partial charge on any atom is 0.324 e. The minimum atomic E-state index is -0.879. The van der Waals surface area contributed by atoms with Gasteiger partial charge in [0.25, 0.3) is 0 Å². The number of urea groups is 1. The molecule has 1 N–H and O–H groups in total. The van der Waals surface area contributed by atoms with Gasteiger partial charge in [0.2, 0.25) is 0 Å². The summed E-state index contributed by atoms with van der Waals surface area (Å²) < 4.78 is 0. The van der Waals surface area contributed by atoms with E-state index in [-0.39, 0.29) is 12.6 Å². The van der Waals surface area contributed by atoms with E-state index in [1.54, 1.807) is 15.9 Å². The van der Waals surface area contributed by atoms with Crippen molar-refractivity contribution in [2.24, 2.45) is 0 Å². The molecule has 2 aliphatic heterocycles. The van der Waals surface area contributed by atoms with E-state index in [4.69, 9.17) is 0 Å². The number of fused-ring (bicyclic) bond motifs is 1. The van der Waals surface area contributed by atoms with Gasteiger partial charge < -0.3 is 14.9 Å². The third-order valence-electron chi connectivity index (χ3n) is 4.27. The second-order valence-corrected chi connectivity index (χ2v) is 5.63. The van der Waals surface area contributed by atoms with Gasteiger partial charge in [-0.1, -0.05) is 18.2 Å². The number of nitrogens with zero attached hydrogens (tertiary/aromatic N) is 3.